The molecule has 1 amide bonds. The molecule has 0 saturated heterocycles. The first kappa shape index (κ1) is 15.0. The molecule has 0 aliphatic heterocycles. The van der Waals surface area contributed by atoms with E-state index in [1.807, 2.05) is 49.4 Å². The van der Waals surface area contributed by atoms with Crippen molar-refractivity contribution in [3.05, 3.63) is 89.7 Å². The van der Waals surface area contributed by atoms with E-state index in [2.05, 4.69) is 5.32 Å². The van der Waals surface area contributed by atoms with Crippen molar-refractivity contribution in [2.75, 3.05) is 5.32 Å². The van der Waals surface area contributed by atoms with Gasteiger partial charge >= 0.3 is 0 Å². The lowest BCUT2D eigenvalue weighted by atomic mass is 9.99. The lowest BCUT2D eigenvalue weighted by molar-refractivity contribution is 0.102. The minimum atomic E-state index is -0.378. The molecule has 0 aliphatic carbocycles. The molecular weight excluding hydrogens is 289 g/mol. The average Bonchev–Trinajstić information content (AvgIpc) is 2.55. The van der Waals surface area contributed by atoms with E-state index < -0.39 is 0 Å². The van der Waals surface area contributed by atoms with Crippen LogP contribution in [0.5, 0.6) is 0 Å². The summed E-state index contributed by atoms with van der Waals surface area (Å²) in [5, 5.41) is 2.71. The van der Waals surface area contributed by atoms with E-state index in [-0.39, 0.29) is 11.7 Å². The smallest absolute Gasteiger partial charge is 0.255 e. The Labute approximate surface area is 134 Å². The molecule has 0 unspecified atom stereocenters. The van der Waals surface area contributed by atoms with E-state index in [9.17, 15) is 9.18 Å². The minimum absolute atomic E-state index is 0.258. The third-order valence-electron chi connectivity index (χ3n) is 3.66. The van der Waals surface area contributed by atoms with Crippen LogP contribution in [0.3, 0.4) is 0 Å². The first-order valence-electron chi connectivity index (χ1n) is 7.36. The second-order valence-electron chi connectivity index (χ2n) is 5.36. The first-order valence-corrected chi connectivity index (χ1v) is 7.36. The van der Waals surface area contributed by atoms with Gasteiger partial charge in [-0.2, -0.15) is 0 Å². The molecule has 0 aliphatic rings. The van der Waals surface area contributed by atoms with Crippen LogP contribution in [0.25, 0.3) is 11.1 Å². The number of carbonyl (C=O) groups excluding carboxylic acids is 1. The zero-order chi connectivity index (χ0) is 16.2. The molecule has 0 heterocycles. The van der Waals surface area contributed by atoms with Gasteiger partial charge < -0.3 is 5.32 Å². The summed E-state index contributed by atoms with van der Waals surface area (Å²) in [5.41, 5.74) is 4.20. The van der Waals surface area contributed by atoms with E-state index in [4.69, 9.17) is 0 Å². The topological polar surface area (TPSA) is 29.1 Å². The van der Waals surface area contributed by atoms with Crippen LogP contribution in [0.2, 0.25) is 0 Å². The summed E-state index contributed by atoms with van der Waals surface area (Å²) < 4.78 is 13.2. The Morgan fingerprint density at radius 2 is 1.70 bits per heavy atom. The monoisotopic (exact) mass is 305 g/mol. The van der Waals surface area contributed by atoms with Crippen molar-refractivity contribution in [1.29, 1.82) is 0 Å². The molecule has 0 spiro atoms. The standard InChI is InChI=1S/C20H16FNO/c1-14-6-2-3-11-19(14)15-7-4-8-16(12-15)20(23)22-18-10-5-9-17(21)13-18/h2-13H,1H3,(H,22,23). The fraction of sp³-hybridized carbons (Fsp3) is 0.0500. The van der Waals surface area contributed by atoms with Crippen molar-refractivity contribution in [2.45, 2.75) is 6.92 Å². The van der Waals surface area contributed by atoms with E-state index in [0.29, 0.717) is 11.3 Å². The van der Waals surface area contributed by atoms with Crippen molar-refractivity contribution in [1.82, 2.24) is 0 Å². The van der Waals surface area contributed by atoms with E-state index >= 15 is 0 Å². The summed E-state index contributed by atoms with van der Waals surface area (Å²) in [6, 6.07) is 21.3. The van der Waals surface area contributed by atoms with E-state index in [0.717, 1.165) is 16.7 Å². The van der Waals surface area contributed by atoms with Gasteiger partial charge in [-0.1, -0.05) is 42.5 Å². The van der Waals surface area contributed by atoms with Crippen LogP contribution < -0.4 is 5.32 Å². The number of hydrogen-bond donors (Lipinski definition) is 1. The van der Waals surface area contributed by atoms with Crippen LogP contribution in [-0.4, -0.2) is 5.91 Å². The highest BCUT2D eigenvalue weighted by Crippen LogP contribution is 2.24. The molecule has 0 fully saturated rings. The van der Waals surface area contributed by atoms with Gasteiger partial charge in [0.05, 0.1) is 0 Å². The van der Waals surface area contributed by atoms with Crippen molar-refractivity contribution in [3.8, 4) is 11.1 Å². The molecule has 1 N–H and O–H groups in total. The Kier molecular flexibility index (Phi) is 4.20. The van der Waals surface area contributed by atoms with Crippen molar-refractivity contribution >= 4 is 11.6 Å². The van der Waals surface area contributed by atoms with Crippen LogP contribution in [0.4, 0.5) is 10.1 Å². The minimum Gasteiger partial charge on any atom is -0.322 e. The number of carbonyl (C=O) groups is 1. The zero-order valence-corrected chi connectivity index (χ0v) is 12.7. The molecule has 3 aromatic carbocycles. The SMILES string of the molecule is Cc1ccccc1-c1cccc(C(=O)Nc2cccc(F)c2)c1. The number of halogens is 1. The number of benzene rings is 3. The molecule has 3 heteroatoms. The van der Waals surface area contributed by atoms with Gasteiger partial charge in [0.15, 0.2) is 0 Å². The maximum Gasteiger partial charge on any atom is 0.255 e. The molecule has 3 aromatic rings. The van der Waals surface area contributed by atoms with Crippen LogP contribution >= 0.6 is 0 Å². The Bertz CT molecular complexity index is 858. The predicted octanol–water partition coefficient (Wildman–Crippen LogP) is 5.05. The highest BCUT2D eigenvalue weighted by atomic mass is 19.1. The molecule has 0 radical (unpaired) electrons. The van der Waals surface area contributed by atoms with Gasteiger partial charge in [0.2, 0.25) is 0 Å². The number of hydrogen-bond acceptors (Lipinski definition) is 1. The third-order valence-corrected chi connectivity index (χ3v) is 3.66. The highest BCUT2D eigenvalue weighted by Gasteiger charge is 2.09. The second kappa shape index (κ2) is 6.44. The van der Waals surface area contributed by atoms with Crippen LogP contribution in [0, 0.1) is 12.7 Å². The predicted molar refractivity (Wildman–Crippen MR) is 91.0 cm³/mol. The van der Waals surface area contributed by atoms with Crippen molar-refractivity contribution in [2.24, 2.45) is 0 Å². The van der Waals surface area contributed by atoms with Crippen LogP contribution in [-0.2, 0) is 0 Å². The Balaban J connectivity index is 1.88. The summed E-state index contributed by atoms with van der Waals surface area (Å²) in [6.07, 6.45) is 0. The molecule has 0 atom stereocenters. The number of anilines is 1. The fourth-order valence-corrected chi connectivity index (χ4v) is 2.49. The molecule has 0 saturated carbocycles. The molecule has 23 heavy (non-hydrogen) atoms. The number of aryl methyl sites for hydroxylation is 1. The van der Waals surface area contributed by atoms with Gasteiger partial charge in [0, 0.05) is 11.3 Å². The van der Waals surface area contributed by atoms with Crippen LogP contribution in [0.15, 0.2) is 72.8 Å². The summed E-state index contributed by atoms with van der Waals surface area (Å²) in [4.78, 5) is 12.4. The Morgan fingerprint density at radius 3 is 2.48 bits per heavy atom. The van der Waals surface area contributed by atoms with E-state index in [1.165, 1.54) is 12.1 Å². The summed E-state index contributed by atoms with van der Waals surface area (Å²) in [5.74, 6) is -0.637. The van der Waals surface area contributed by atoms with Crippen molar-refractivity contribution in [3.63, 3.8) is 0 Å². The maximum absolute atomic E-state index is 13.2. The molecule has 0 bridgehead atoms. The molecule has 2 nitrogen and oxygen atoms in total. The summed E-state index contributed by atoms with van der Waals surface area (Å²) in [7, 11) is 0. The Hall–Kier alpha value is -2.94. The maximum atomic E-state index is 13.2. The molecule has 3 rings (SSSR count). The van der Waals surface area contributed by atoms with Gasteiger partial charge in [-0.15, -0.1) is 0 Å². The lowest BCUT2D eigenvalue weighted by Gasteiger charge is -2.09. The number of nitrogens with one attached hydrogen (secondary N) is 1. The molecule has 0 aromatic heterocycles. The second-order valence-corrected chi connectivity index (χ2v) is 5.36. The summed E-state index contributed by atoms with van der Waals surface area (Å²) >= 11 is 0. The van der Waals surface area contributed by atoms with Gasteiger partial charge in [-0.3, -0.25) is 4.79 Å². The number of amides is 1. The highest BCUT2D eigenvalue weighted by molar-refractivity contribution is 6.05. The van der Waals surface area contributed by atoms with Crippen molar-refractivity contribution < 1.29 is 9.18 Å². The Morgan fingerprint density at radius 1 is 0.913 bits per heavy atom. The van der Waals surface area contributed by atoms with Gasteiger partial charge in [-0.05, 0) is 53.9 Å². The van der Waals surface area contributed by atoms with Gasteiger partial charge in [-0.25, -0.2) is 4.39 Å². The molecule has 114 valence electrons. The first-order chi connectivity index (χ1) is 11.1. The number of rotatable bonds is 3. The average molecular weight is 305 g/mol. The lowest BCUT2D eigenvalue weighted by Crippen LogP contribution is -2.12. The quantitative estimate of drug-likeness (QED) is 0.720. The summed E-state index contributed by atoms with van der Waals surface area (Å²) in [6.45, 7) is 2.04. The van der Waals surface area contributed by atoms with Gasteiger partial charge in [0.1, 0.15) is 5.82 Å². The fourth-order valence-electron chi connectivity index (χ4n) is 2.49. The molecular formula is C20H16FNO. The zero-order valence-electron chi connectivity index (χ0n) is 12.7. The van der Waals surface area contributed by atoms with Gasteiger partial charge in [0.25, 0.3) is 5.91 Å². The van der Waals surface area contributed by atoms with E-state index in [1.54, 1.807) is 18.2 Å². The third kappa shape index (κ3) is 3.46. The largest absolute Gasteiger partial charge is 0.322 e. The normalized spacial score (nSPS) is 10.3. The van der Waals surface area contributed by atoms with Crippen LogP contribution in [0.1, 0.15) is 15.9 Å².